The molecule has 1 aromatic rings. The van der Waals surface area contributed by atoms with Crippen LogP contribution in [-0.4, -0.2) is 30.1 Å². The summed E-state index contributed by atoms with van der Waals surface area (Å²) in [5.41, 5.74) is 7.27. The van der Waals surface area contributed by atoms with Crippen molar-refractivity contribution in [3.63, 3.8) is 0 Å². The van der Waals surface area contributed by atoms with E-state index in [0.717, 1.165) is 18.7 Å². The first kappa shape index (κ1) is 18.6. The van der Waals surface area contributed by atoms with Gasteiger partial charge in [-0.3, -0.25) is 4.90 Å². The van der Waals surface area contributed by atoms with Gasteiger partial charge >= 0.3 is 0 Å². The molecule has 0 aliphatic carbocycles. The fourth-order valence-corrected chi connectivity index (χ4v) is 3.00. The number of nitrogens with two attached hydrogens (primary N) is 1. The molecule has 0 heterocycles. The Morgan fingerprint density at radius 2 is 1.52 bits per heavy atom. The third-order valence-electron chi connectivity index (χ3n) is 3.75. The quantitative estimate of drug-likeness (QED) is 0.730. The highest BCUT2D eigenvalue weighted by Crippen LogP contribution is 2.31. The van der Waals surface area contributed by atoms with Crippen LogP contribution in [0.15, 0.2) is 12.1 Å². The first-order valence-corrected chi connectivity index (χ1v) is 8.23. The third kappa shape index (κ3) is 5.33. The number of nitrogen functional groups attached to an aromatic ring is 1. The summed E-state index contributed by atoms with van der Waals surface area (Å²) in [6.07, 6.45) is 0. The van der Waals surface area contributed by atoms with Crippen molar-refractivity contribution in [2.75, 3.05) is 18.8 Å². The molecule has 3 nitrogen and oxygen atoms in total. The zero-order valence-electron chi connectivity index (χ0n) is 13.6. The SMILES string of the molecule is CC(NCCN(C(C)C)C(C)C)c1cc(Cl)c(N)c(Cl)c1. The second-order valence-electron chi connectivity index (χ2n) is 6.00. The monoisotopic (exact) mass is 331 g/mol. The van der Waals surface area contributed by atoms with E-state index < -0.39 is 0 Å². The summed E-state index contributed by atoms with van der Waals surface area (Å²) in [7, 11) is 0. The smallest absolute Gasteiger partial charge is 0.0693 e. The summed E-state index contributed by atoms with van der Waals surface area (Å²) in [4.78, 5) is 2.46. The Morgan fingerprint density at radius 3 is 1.95 bits per heavy atom. The predicted molar refractivity (Wildman–Crippen MR) is 94.3 cm³/mol. The molecule has 21 heavy (non-hydrogen) atoms. The van der Waals surface area contributed by atoms with Crippen LogP contribution in [0.4, 0.5) is 5.69 Å². The van der Waals surface area contributed by atoms with Gasteiger partial charge in [0, 0.05) is 31.2 Å². The topological polar surface area (TPSA) is 41.3 Å². The molecule has 0 aliphatic rings. The van der Waals surface area contributed by atoms with Crippen molar-refractivity contribution in [2.45, 2.75) is 52.7 Å². The molecule has 0 aliphatic heterocycles. The number of halogens is 2. The lowest BCUT2D eigenvalue weighted by molar-refractivity contribution is 0.174. The van der Waals surface area contributed by atoms with Crippen molar-refractivity contribution in [1.29, 1.82) is 0 Å². The molecule has 1 rings (SSSR count). The maximum atomic E-state index is 6.09. The van der Waals surface area contributed by atoms with E-state index in [4.69, 9.17) is 28.9 Å². The largest absolute Gasteiger partial charge is 0.396 e. The predicted octanol–water partition coefficient (Wildman–Crippen LogP) is 4.35. The van der Waals surface area contributed by atoms with Gasteiger partial charge in [-0.1, -0.05) is 23.2 Å². The molecule has 1 aromatic carbocycles. The van der Waals surface area contributed by atoms with Crippen molar-refractivity contribution < 1.29 is 0 Å². The van der Waals surface area contributed by atoms with Crippen LogP contribution in [0.5, 0.6) is 0 Å². The number of anilines is 1. The van der Waals surface area contributed by atoms with E-state index in [9.17, 15) is 0 Å². The zero-order valence-corrected chi connectivity index (χ0v) is 15.1. The standard InChI is InChI=1S/C16H27Cl2N3/c1-10(2)21(11(3)4)7-6-20-12(5)13-8-14(17)16(19)15(18)9-13/h8-12,20H,6-7,19H2,1-5H3. The molecule has 0 amide bonds. The van der Waals surface area contributed by atoms with Gasteiger partial charge in [-0.05, 0) is 52.3 Å². The van der Waals surface area contributed by atoms with Crippen molar-refractivity contribution in [1.82, 2.24) is 10.2 Å². The van der Waals surface area contributed by atoms with Crippen LogP contribution in [0.1, 0.15) is 46.2 Å². The lowest BCUT2D eigenvalue weighted by Crippen LogP contribution is -2.41. The second-order valence-corrected chi connectivity index (χ2v) is 6.81. The first-order chi connectivity index (χ1) is 9.73. The molecular formula is C16H27Cl2N3. The molecule has 0 radical (unpaired) electrons. The van der Waals surface area contributed by atoms with E-state index in [1.165, 1.54) is 0 Å². The fourth-order valence-electron chi connectivity index (χ4n) is 2.49. The lowest BCUT2D eigenvalue weighted by Gasteiger charge is -2.31. The zero-order chi connectivity index (χ0) is 16.2. The van der Waals surface area contributed by atoms with Crippen LogP contribution >= 0.6 is 23.2 Å². The summed E-state index contributed by atoms with van der Waals surface area (Å²) in [5.74, 6) is 0. The molecule has 0 saturated heterocycles. The maximum absolute atomic E-state index is 6.09. The van der Waals surface area contributed by atoms with Crippen molar-refractivity contribution >= 4 is 28.9 Å². The molecule has 0 spiro atoms. The minimum absolute atomic E-state index is 0.182. The van der Waals surface area contributed by atoms with Crippen molar-refractivity contribution in [2.24, 2.45) is 0 Å². The lowest BCUT2D eigenvalue weighted by atomic mass is 10.1. The maximum Gasteiger partial charge on any atom is 0.0693 e. The van der Waals surface area contributed by atoms with Gasteiger partial charge in [-0.15, -0.1) is 0 Å². The number of hydrogen-bond donors (Lipinski definition) is 2. The van der Waals surface area contributed by atoms with Crippen LogP contribution in [0, 0.1) is 0 Å². The molecule has 1 unspecified atom stereocenters. The molecular weight excluding hydrogens is 305 g/mol. The highest BCUT2D eigenvalue weighted by atomic mass is 35.5. The number of benzene rings is 1. The number of rotatable bonds is 7. The fraction of sp³-hybridized carbons (Fsp3) is 0.625. The summed E-state index contributed by atoms with van der Waals surface area (Å²) in [5, 5.41) is 4.54. The van der Waals surface area contributed by atoms with Crippen LogP contribution in [-0.2, 0) is 0 Å². The van der Waals surface area contributed by atoms with Gasteiger partial charge in [0.25, 0.3) is 0 Å². The number of nitrogens with zero attached hydrogens (tertiary/aromatic N) is 1. The van der Waals surface area contributed by atoms with E-state index in [1.807, 2.05) is 12.1 Å². The van der Waals surface area contributed by atoms with E-state index in [2.05, 4.69) is 44.8 Å². The summed E-state index contributed by atoms with van der Waals surface area (Å²) < 4.78 is 0. The van der Waals surface area contributed by atoms with Crippen molar-refractivity contribution in [3.8, 4) is 0 Å². The molecule has 0 fully saturated rings. The van der Waals surface area contributed by atoms with Gasteiger partial charge in [-0.25, -0.2) is 0 Å². The number of nitrogens with one attached hydrogen (secondary N) is 1. The average molecular weight is 332 g/mol. The molecule has 0 bridgehead atoms. The highest BCUT2D eigenvalue weighted by Gasteiger charge is 2.14. The highest BCUT2D eigenvalue weighted by molar-refractivity contribution is 6.38. The van der Waals surface area contributed by atoms with Gasteiger partial charge in [0.1, 0.15) is 0 Å². The van der Waals surface area contributed by atoms with Gasteiger partial charge in [-0.2, -0.15) is 0 Å². The summed E-state index contributed by atoms with van der Waals surface area (Å²) in [6, 6.07) is 5.03. The van der Waals surface area contributed by atoms with E-state index >= 15 is 0 Å². The number of hydrogen-bond acceptors (Lipinski definition) is 3. The van der Waals surface area contributed by atoms with Crippen molar-refractivity contribution in [3.05, 3.63) is 27.7 Å². The Morgan fingerprint density at radius 1 is 1.05 bits per heavy atom. The van der Waals surface area contributed by atoms with Crippen LogP contribution < -0.4 is 11.1 Å². The van der Waals surface area contributed by atoms with E-state index in [-0.39, 0.29) is 6.04 Å². The Hall–Kier alpha value is -0.480. The van der Waals surface area contributed by atoms with E-state index in [0.29, 0.717) is 27.8 Å². The molecule has 0 aromatic heterocycles. The summed E-state index contributed by atoms with van der Waals surface area (Å²) in [6.45, 7) is 12.9. The summed E-state index contributed by atoms with van der Waals surface area (Å²) >= 11 is 12.2. The van der Waals surface area contributed by atoms with Gasteiger partial charge in [0.05, 0.1) is 15.7 Å². The normalized spacial score (nSPS) is 13.4. The molecule has 0 saturated carbocycles. The van der Waals surface area contributed by atoms with E-state index in [1.54, 1.807) is 0 Å². The Labute approximate surface area is 138 Å². The second kappa shape index (κ2) is 8.23. The third-order valence-corrected chi connectivity index (χ3v) is 4.37. The first-order valence-electron chi connectivity index (χ1n) is 7.47. The average Bonchev–Trinajstić information content (AvgIpc) is 2.39. The Bertz CT molecular complexity index is 430. The molecule has 3 N–H and O–H groups in total. The van der Waals surface area contributed by atoms with Gasteiger partial charge in [0.15, 0.2) is 0 Å². The molecule has 5 heteroatoms. The van der Waals surface area contributed by atoms with Gasteiger partial charge < -0.3 is 11.1 Å². The minimum atomic E-state index is 0.182. The van der Waals surface area contributed by atoms with Crippen LogP contribution in [0.25, 0.3) is 0 Å². The Kier molecular flexibility index (Phi) is 7.28. The van der Waals surface area contributed by atoms with Crippen LogP contribution in [0.2, 0.25) is 10.0 Å². The molecule has 120 valence electrons. The van der Waals surface area contributed by atoms with Gasteiger partial charge in [0.2, 0.25) is 0 Å². The minimum Gasteiger partial charge on any atom is -0.396 e. The molecule has 1 atom stereocenters. The van der Waals surface area contributed by atoms with Crippen LogP contribution in [0.3, 0.4) is 0 Å². The Balaban J connectivity index is 2.60.